The topological polar surface area (TPSA) is 79.1 Å². The summed E-state index contributed by atoms with van der Waals surface area (Å²) in [7, 11) is 4.43. The first-order valence-corrected chi connectivity index (χ1v) is 11.2. The highest BCUT2D eigenvalue weighted by Crippen LogP contribution is 2.31. The maximum absolute atomic E-state index is 13.5. The maximum Gasteiger partial charge on any atom is 0.338 e. The van der Waals surface area contributed by atoms with Crippen molar-refractivity contribution in [3.8, 4) is 11.5 Å². The first kappa shape index (κ1) is 22.8. The SMILES string of the molecule is COC(=O)C1=C(C)N=c2s/c(=C\c3ccc(OC)c(OC)c3)c(=O)n2[C@H]1c1ccc(Cl)cc1. The zero-order chi connectivity index (χ0) is 23.7. The van der Waals surface area contributed by atoms with E-state index in [1.807, 2.05) is 6.07 Å². The van der Waals surface area contributed by atoms with E-state index in [1.54, 1.807) is 63.6 Å². The molecule has 0 N–H and O–H groups in total. The molecular formula is C24H21ClN2O5S. The van der Waals surface area contributed by atoms with Crippen molar-refractivity contribution in [2.75, 3.05) is 21.3 Å². The van der Waals surface area contributed by atoms with Crippen LogP contribution in [0.1, 0.15) is 24.1 Å². The van der Waals surface area contributed by atoms with Crippen LogP contribution in [0.25, 0.3) is 6.08 Å². The van der Waals surface area contributed by atoms with Gasteiger partial charge in [-0.3, -0.25) is 9.36 Å². The van der Waals surface area contributed by atoms with E-state index in [4.69, 9.17) is 25.8 Å². The molecule has 0 bridgehead atoms. The molecule has 0 radical (unpaired) electrons. The lowest BCUT2D eigenvalue weighted by molar-refractivity contribution is -0.136. The van der Waals surface area contributed by atoms with E-state index >= 15 is 0 Å². The Labute approximate surface area is 198 Å². The Morgan fingerprint density at radius 3 is 2.42 bits per heavy atom. The number of ether oxygens (including phenoxy) is 3. The lowest BCUT2D eigenvalue weighted by Crippen LogP contribution is -2.39. The highest BCUT2D eigenvalue weighted by molar-refractivity contribution is 7.07. The van der Waals surface area contributed by atoms with Crippen LogP contribution in [0.4, 0.5) is 0 Å². The molecule has 0 unspecified atom stereocenters. The molecule has 7 nitrogen and oxygen atoms in total. The number of halogens is 1. The third-order valence-electron chi connectivity index (χ3n) is 5.32. The number of methoxy groups -OCH3 is 3. The van der Waals surface area contributed by atoms with Gasteiger partial charge in [-0.15, -0.1) is 0 Å². The molecule has 2 aromatic carbocycles. The Morgan fingerprint density at radius 2 is 1.79 bits per heavy atom. The van der Waals surface area contributed by atoms with Crippen LogP contribution in [0, 0.1) is 0 Å². The van der Waals surface area contributed by atoms with Crippen LogP contribution in [-0.2, 0) is 9.53 Å². The van der Waals surface area contributed by atoms with Gasteiger partial charge in [0.1, 0.15) is 0 Å². The van der Waals surface area contributed by atoms with Crippen LogP contribution < -0.4 is 24.4 Å². The van der Waals surface area contributed by atoms with E-state index in [1.165, 1.54) is 23.0 Å². The molecule has 1 aliphatic heterocycles. The van der Waals surface area contributed by atoms with Crippen LogP contribution in [0.5, 0.6) is 11.5 Å². The number of esters is 1. The van der Waals surface area contributed by atoms with E-state index in [-0.39, 0.29) is 5.56 Å². The van der Waals surface area contributed by atoms with Crippen molar-refractivity contribution in [1.82, 2.24) is 4.57 Å². The normalized spacial score (nSPS) is 15.7. The number of nitrogens with zero attached hydrogens (tertiary/aromatic N) is 2. The monoisotopic (exact) mass is 484 g/mol. The Hall–Kier alpha value is -3.36. The van der Waals surface area contributed by atoms with Gasteiger partial charge in [0.05, 0.1) is 43.2 Å². The second kappa shape index (κ2) is 9.25. The number of fused-ring (bicyclic) bond motifs is 1. The Kier molecular flexibility index (Phi) is 6.40. The van der Waals surface area contributed by atoms with E-state index in [0.29, 0.717) is 37.1 Å². The van der Waals surface area contributed by atoms with Gasteiger partial charge in [0.25, 0.3) is 5.56 Å². The summed E-state index contributed by atoms with van der Waals surface area (Å²) in [5.41, 5.74) is 2.05. The Bertz CT molecular complexity index is 1440. The number of aromatic nitrogens is 1. The van der Waals surface area contributed by atoms with Crippen LogP contribution >= 0.6 is 22.9 Å². The summed E-state index contributed by atoms with van der Waals surface area (Å²) in [5.74, 6) is 0.615. The number of carbonyl (C=O) groups is 1. The van der Waals surface area contributed by atoms with E-state index in [0.717, 1.165) is 11.1 Å². The minimum absolute atomic E-state index is 0.262. The second-order valence-electron chi connectivity index (χ2n) is 7.24. The molecule has 170 valence electrons. The van der Waals surface area contributed by atoms with Crippen molar-refractivity contribution in [3.63, 3.8) is 0 Å². The largest absolute Gasteiger partial charge is 0.493 e. The van der Waals surface area contributed by atoms with Gasteiger partial charge in [-0.1, -0.05) is 41.1 Å². The molecule has 1 aliphatic rings. The summed E-state index contributed by atoms with van der Waals surface area (Å²) >= 11 is 7.32. The number of carbonyl (C=O) groups excluding carboxylic acids is 1. The summed E-state index contributed by atoms with van der Waals surface area (Å²) in [4.78, 5) is 31.2. The fourth-order valence-corrected chi connectivity index (χ4v) is 4.92. The van der Waals surface area contributed by atoms with Gasteiger partial charge in [-0.2, -0.15) is 0 Å². The number of allylic oxidation sites excluding steroid dienone is 1. The van der Waals surface area contributed by atoms with Crippen molar-refractivity contribution in [2.24, 2.45) is 4.99 Å². The standard InChI is InChI=1S/C24H21ClN2O5S/c1-13-20(23(29)32-4)21(15-6-8-16(25)9-7-15)27-22(28)19(33-24(27)26-13)12-14-5-10-17(30-2)18(11-14)31-3/h5-12,21H,1-4H3/b19-12-/t21-/m0/s1. The molecule has 0 fully saturated rings. The van der Waals surface area contributed by atoms with E-state index < -0.39 is 12.0 Å². The number of benzene rings is 2. The number of rotatable bonds is 5. The molecule has 0 saturated heterocycles. The number of thiazole rings is 1. The molecule has 3 aromatic rings. The minimum atomic E-state index is -0.682. The summed E-state index contributed by atoms with van der Waals surface area (Å²) in [6.07, 6.45) is 1.77. The molecular weight excluding hydrogens is 464 g/mol. The highest BCUT2D eigenvalue weighted by atomic mass is 35.5. The van der Waals surface area contributed by atoms with Crippen molar-refractivity contribution in [2.45, 2.75) is 13.0 Å². The van der Waals surface area contributed by atoms with Gasteiger partial charge < -0.3 is 14.2 Å². The lowest BCUT2D eigenvalue weighted by atomic mass is 9.96. The highest BCUT2D eigenvalue weighted by Gasteiger charge is 2.33. The minimum Gasteiger partial charge on any atom is -0.493 e. The van der Waals surface area contributed by atoms with Crippen molar-refractivity contribution < 1.29 is 19.0 Å². The molecule has 0 amide bonds. The Morgan fingerprint density at radius 1 is 1.09 bits per heavy atom. The third kappa shape index (κ3) is 4.19. The van der Waals surface area contributed by atoms with Crippen molar-refractivity contribution >= 4 is 35.0 Å². The quantitative estimate of drug-likeness (QED) is 0.520. The summed E-state index contributed by atoms with van der Waals surface area (Å²) in [6, 6.07) is 11.7. The Balaban J connectivity index is 1.93. The molecule has 0 saturated carbocycles. The fraction of sp³-hybridized carbons (Fsp3) is 0.208. The first-order valence-electron chi connectivity index (χ1n) is 9.96. The van der Waals surface area contributed by atoms with Crippen LogP contribution in [0.3, 0.4) is 0 Å². The predicted octanol–water partition coefficient (Wildman–Crippen LogP) is 3.08. The molecule has 33 heavy (non-hydrogen) atoms. The summed E-state index contributed by atoms with van der Waals surface area (Å²) in [5, 5.41) is 0.555. The molecule has 9 heteroatoms. The molecule has 1 atom stereocenters. The smallest absolute Gasteiger partial charge is 0.338 e. The van der Waals surface area contributed by atoms with Gasteiger partial charge in [0, 0.05) is 5.02 Å². The average molecular weight is 485 g/mol. The molecule has 0 aliphatic carbocycles. The molecule has 0 spiro atoms. The van der Waals surface area contributed by atoms with E-state index in [9.17, 15) is 9.59 Å². The van der Waals surface area contributed by atoms with Crippen LogP contribution in [0.2, 0.25) is 5.02 Å². The van der Waals surface area contributed by atoms with E-state index in [2.05, 4.69) is 4.99 Å². The zero-order valence-corrected chi connectivity index (χ0v) is 20.0. The van der Waals surface area contributed by atoms with Crippen LogP contribution in [-0.4, -0.2) is 31.9 Å². The van der Waals surface area contributed by atoms with Gasteiger partial charge in [-0.05, 0) is 48.4 Å². The maximum atomic E-state index is 13.5. The van der Waals surface area contributed by atoms with Gasteiger partial charge in [0.2, 0.25) is 0 Å². The summed E-state index contributed by atoms with van der Waals surface area (Å²) < 4.78 is 17.7. The van der Waals surface area contributed by atoms with Gasteiger partial charge >= 0.3 is 5.97 Å². The first-order chi connectivity index (χ1) is 15.9. The van der Waals surface area contributed by atoms with Gasteiger partial charge in [0.15, 0.2) is 16.3 Å². The van der Waals surface area contributed by atoms with Crippen LogP contribution in [0.15, 0.2) is 63.5 Å². The van der Waals surface area contributed by atoms with Crippen molar-refractivity contribution in [1.29, 1.82) is 0 Å². The average Bonchev–Trinajstić information content (AvgIpc) is 3.12. The second-order valence-corrected chi connectivity index (χ2v) is 8.68. The third-order valence-corrected chi connectivity index (χ3v) is 6.55. The molecule has 1 aromatic heterocycles. The number of hydrogen-bond acceptors (Lipinski definition) is 7. The predicted molar refractivity (Wildman–Crippen MR) is 127 cm³/mol. The van der Waals surface area contributed by atoms with Gasteiger partial charge in [-0.25, -0.2) is 9.79 Å². The summed E-state index contributed by atoms with van der Waals surface area (Å²) in [6.45, 7) is 1.74. The fourth-order valence-electron chi connectivity index (χ4n) is 3.75. The lowest BCUT2D eigenvalue weighted by Gasteiger charge is -2.24. The number of hydrogen-bond donors (Lipinski definition) is 0. The zero-order valence-electron chi connectivity index (χ0n) is 18.4. The van der Waals surface area contributed by atoms with Crippen molar-refractivity contribution in [3.05, 3.63) is 89.6 Å². The molecule has 2 heterocycles. The molecule has 4 rings (SSSR count).